The summed E-state index contributed by atoms with van der Waals surface area (Å²) in [6.45, 7) is 0. The van der Waals surface area contributed by atoms with Crippen LogP contribution in [0, 0.1) is 5.82 Å². The number of benzene rings is 2. The number of halogens is 1. The van der Waals surface area contributed by atoms with Gasteiger partial charge in [0.05, 0.1) is 10.6 Å². The minimum atomic E-state index is -0.636. The minimum Gasteiger partial charge on any atom is -0.508 e. The van der Waals surface area contributed by atoms with Gasteiger partial charge in [-0.05, 0) is 47.7 Å². The molecule has 1 saturated heterocycles. The van der Waals surface area contributed by atoms with Gasteiger partial charge in [0.25, 0.3) is 11.1 Å². The van der Waals surface area contributed by atoms with Gasteiger partial charge < -0.3 is 5.11 Å². The molecule has 1 aliphatic rings. The maximum absolute atomic E-state index is 13.8. The van der Waals surface area contributed by atoms with Crippen LogP contribution in [0.1, 0.15) is 5.56 Å². The Kier molecular flexibility index (Phi) is 3.68. The number of amides is 2. The molecule has 0 saturated carbocycles. The zero-order chi connectivity index (χ0) is 15.7. The summed E-state index contributed by atoms with van der Waals surface area (Å²) < 4.78 is 13.8. The zero-order valence-corrected chi connectivity index (χ0v) is 12.0. The highest BCUT2D eigenvalue weighted by Gasteiger charge is 2.37. The highest BCUT2D eigenvalue weighted by atomic mass is 32.2. The van der Waals surface area contributed by atoms with Gasteiger partial charge in [-0.1, -0.05) is 24.3 Å². The number of hydrogen-bond acceptors (Lipinski definition) is 4. The third-order valence-electron chi connectivity index (χ3n) is 3.06. The standard InChI is InChI=1S/C16H10FNO3S/c17-12-6-1-2-7-13(12)18-15(20)14(22-16(18)21)9-10-4-3-5-11(19)8-10/h1-9,19H/b14-9-. The molecule has 110 valence electrons. The van der Waals surface area contributed by atoms with Gasteiger partial charge in [0.15, 0.2) is 0 Å². The second kappa shape index (κ2) is 5.65. The number of hydrogen-bond donors (Lipinski definition) is 1. The van der Waals surface area contributed by atoms with Crippen LogP contribution in [-0.4, -0.2) is 16.3 Å². The van der Waals surface area contributed by atoms with Gasteiger partial charge in [-0.2, -0.15) is 0 Å². The van der Waals surface area contributed by atoms with Crippen LogP contribution in [0.5, 0.6) is 5.75 Å². The Morgan fingerprint density at radius 2 is 1.86 bits per heavy atom. The molecule has 22 heavy (non-hydrogen) atoms. The lowest BCUT2D eigenvalue weighted by Gasteiger charge is -2.12. The number of thioether (sulfide) groups is 1. The predicted octanol–water partition coefficient (Wildman–Crippen LogP) is 3.77. The van der Waals surface area contributed by atoms with E-state index in [-0.39, 0.29) is 16.3 Å². The SMILES string of the molecule is O=C1S/C(=C\c2cccc(O)c2)C(=O)N1c1ccccc1F. The number of rotatable bonds is 2. The fourth-order valence-electron chi connectivity index (χ4n) is 2.07. The van der Waals surface area contributed by atoms with E-state index in [0.29, 0.717) is 5.56 Å². The van der Waals surface area contributed by atoms with Gasteiger partial charge in [0, 0.05) is 0 Å². The number of phenols is 1. The molecule has 0 radical (unpaired) electrons. The Balaban J connectivity index is 1.97. The van der Waals surface area contributed by atoms with Crippen LogP contribution in [0.2, 0.25) is 0 Å². The topological polar surface area (TPSA) is 57.6 Å². The van der Waals surface area contributed by atoms with Crippen molar-refractivity contribution in [2.24, 2.45) is 0 Å². The predicted molar refractivity (Wildman–Crippen MR) is 83.0 cm³/mol. The van der Waals surface area contributed by atoms with Crippen molar-refractivity contribution < 1.29 is 19.1 Å². The lowest BCUT2D eigenvalue weighted by atomic mass is 10.2. The highest BCUT2D eigenvalue weighted by molar-refractivity contribution is 8.19. The van der Waals surface area contributed by atoms with Crippen LogP contribution < -0.4 is 4.90 Å². The Labute approximate surface area is 129 Å². The van der Waals surface area contributed by atoms with Crippen molar-refractivity contribution in [3.8, 4) is 5.75 Å². The van der Waals surface area contributed by atoms with Crippen LogP contribution in [0.15, 0.2) is 53.4 Å². The largest absolute Gasteiger partial charge is 0.508 e. The summed E-state index contributed by atoms with van der Waals surface area (Å²) in [6.07, 6.45) is 1.49. The van der Waals surface area contributed by atoms with E-state index >= 15 is 0 Å². The molecule has 1 heterocycles. The molecule has 4 nitrogen and oxygen atoms in total. The third kappa shape index (κ3) is 2.60. The molecule has 3 rings (SSSR count). The van der Waals surface area contributed by atoms with Crippen molar-refractivity contribution in [1.29, 1.82) is 0 Å². The van der Waals surface area contributed by atoms with Crippen molar-refractivity contribution >= 4 is 34.7 Å². The van der Waals surface area contributed by atoms with Crippen LogP contribution in [0.25, 0.3) is 6.08 Å². The molecule has 0 aromatic heterocycles. The van der Waals surface area contributed by atoms with E-state index < -0.39 is 17.0 Å². The molecule has 1 N–H and O–H groups in total. The molecule has 2 aromatic carbocycles. The Morgan fingerprint density at radius 1 is 1.09 bits per heavy atom. The van der Waals surface area contributed by atoms with Gasteiger partial charge in [0.1, 0.15) is 11.6 Å². The average molecular weight is 315 g/mol. The number of anilines is 1. The number of aromatic hydroxyl groups is 1. The lowest BCUT2D eigenvalue weighted by molar-refractivity contribution is -0.113. The Bertz CT molecular complexity index is 803. The minimum absolute atomic E-state index is 0.0575. The van der Waals surface area contributed by atoms with E-state index in [1.165, 1.54) is 36.4 Å². The first-order valence-electron chi connectivity index (χ1n) is 6.38. The van der Waals surface area contributed by atoms with Crippen molar-refractivity contribution in [2.45, 2.75) is 0 Å². The van der Waals surface area contributed by atoms with Gasteiger partial charge >= 0.3 is 0 Å². The van der Waals surface area contributed by atoms with E-state index in [4.69, 9.17) is 0 Å². The molecular formula is C16H10FNO3S. The molecule has 0 unspecified atom stereocenters. The summed E-state index contributed by atoms with van der Waals surface area (Å²) in [6, 6.07) is 11.9. The molecule has 2 aromatic rings. The second-order valence-corrected chi connectivity index (χ2v) is 5.56. The number of para-hydroxylation sites is 1. The quantitative estimate of drug-likeness (QED) is 0.857. The Morgan fingerprint density at radius 3 is 2.59 bits per heavy atom. The highest BCUT2D eigenvalue weighted by Crippen LogP contribution is 2.36. The monoisotopic (exact) mass is 315 g/mol. The smallest absolute Gasteiger partial charge is 0.298 e. The lowest BCUT2D eigenvalue weighted by Crippen LogP contribution is -2.28. The number of imide groups is 1. The molecule has 1 aliphatic heterocycles. The van der Waals surface area contributed by atoms with Crippen LogP contribution in [-0.2, 0) is 4.79 Å². The average Bonchev–Trinajstić information content (AvgIpc) is 2.74. The van der Waals surface area contributed by atoms with Crippen LogP contribution in [0.3, 0.4) is 0 Å². The van der Waals surface area contributed by atoms with Gasteiger partial charge in [-0.15, -0.1) is 0 Å². The fraction of sp³-hybridized carbons (Fsp3) is 0. The van der Waals surface area contributed by atoms with Crippen LogP contribution in [0.4, 0.5) is 14.9 Å². The van der Waals surface area contributed by atoms with Crippen LogP contribution >= 0.6 is 11.8 Å². The van der Waals surface area contributed by atoms with Crippen molar-refractivity contribution in [1.82, 2.24) is 0 Å². The molecule has 6 heteroatoms. The van der Waals surface area contributed by atoms with E-state index in [1.807, 2.05) is 0 Å². The number of carbonyl (C=O) groups excluding carboxylic acids is 2. The summed E-state index contributed by atoms with van der Waals surface area (Å²) in [5.74, 6) is -1.16. The number of carbonyl (C=O) groups is 2. The van der Waals surface area contributed by atoms with Gasteiger partial charge in [0.2, 0.25) is 0 Å². The third-order valence-corrected chi connectivity index (χ3v) is 3.92. The molecule has 0 atom stereocenters. The van der Waals surface area contributed by atoms with Gasteiger partial charge in [-0.25, -0.2) is 9.29 Å². The normalized spacial score (nSPS) is 16.6. The first kappa shape index (κ1) is 14.3. The number of phenolic OH excluding ortho intramolecular Hbond substituents is 1. The first-order valence-corrected chi connectivity index (χ1v) is 7.19. The summed E-state index contributed by atoms with van der Waals surface area (Å²) in [5, 5.41) is 8.87. The summed E-state index contributed by atoms with van der Waals surface area (Å²) >= 11 is 0.736. The van der Waals surface area contributed by atoms with Crippen molar-refractivity contribution in [2.75, 3.05) is 4.90 Å². The molecule has 1 fully saturated rings. The summed E-state index contributed by atoms with van der Waals surface area (Å²) in [7, 11) is 0. The second-order valence-electron chi connectivity index (χ2n) is 4.56. The maximum Gasteiger partial charge on any atom is 0.298 e. The number of nitrogens with zero attached hydrogens (tertiary/aromatic N) is 1. The van der Waals surface area contributed by atoms with Gasteiger partial charge in [-0.3, -0.25) is 9.59 Å². The van der Waals surface area contributed by atoms with E-state index in [1.54, 1.807) is 18.2 Å². The van der Waals surface area contributed by atoms with Crippen molar-refractivity contribution in [3.05, 3.63) is 64.8 Å². The van der Waals surface area contributed by atoms with E-state index in [9.17, 15) is 19.1 Å². The van der Waals surface area contributed by atoms with E-state index in [2.05, 4.69) is 0 Å². The molecule has 0 bridgehead atoms. The fourth-order valence-corrected chi connectivity index (χ4v) is 2.91. The summed E-state index contributed by atoms with van der Waals surface area (Å²) in [5.41, 5.74) is 0.517. The molecule has 0 aliphatic carbocycles. The molecular weight excluding hydrogens is 305 g/mol. The molecule has 2 amide bonds. The first-order chi connectivity index (χ1) is 10.6. The zero-order valence-electron chi connectivity index (χ0n) is 11.2. The van der Waals surface area contributed by atoms with Crippen molar-refractivity contribution in [3.63, 3.8) is 0 Å². The maximum atomic E-state index is 13.8. The van der Waals surface area contributed by atoms with E-state index in [0.717, 1.165) is 16.7 Å². The Hall–Kier alpha value is -2.60. The molecule has 0 spiro atoms. The summed E-state index contributed by atoms with van der Waals surface area (Å²) in [4.78, 5) is 25.4.